The molecule has 0 spiro atoms. The highest BCUT2D eigenvalue weighted by atomic mass is 16.5. The number of fused-ring (bicyclic) bond motifs is 2. The predicted octanol–water partition coefficient (Wildman–Crippen LogP) is 2.21. The Bertz CT molecular complexity index is 1090. The lowest BCUT2D eigenvalue weighted by atomic mass is 9.85. The maximum atomic E-state index is 11.5. The monoisotopic (exact) mass is 494 g/mol. The minimum atomic E-state index is -0.283. The number of rotatable bonds is 2. The SMILES string of the molecule is Cc1c(C2CNCC(O)C2)ccc2c1COC2=O.Cc1c(C2CNCC(O)C2)ccc2c1COC2=O. The van der Waals surface area contributed by atoms with Crippen LogP contribution in [0.3, 0.4) is 0 Å². The zero-order chi connectivity index (χ0) is 25.4. The van der Waals surface area contributed by atoms with E-state index in [2.05, 4.69) is 10.6 Å². The van der Waals surface area contributed by atoms with Crippen LogP contribution in [-0.4, -0.2) is 60.5 Å². The number of carbonyl (C=O) groups is 2. The summed E-state index contributed by atoms with van der Waals surface area (Å²) < 4.78 is 10.1. The van der Waals surface area contributed by atoms with Crippen molar-refractivity contribution in [1.29, 1.82) is 0 Å². The highest BCUT2D eigenvalue weighted by molar-refractivity contribution is 5.94. The standard InChI is InChI=1S/2C14H17NO3/c2*1-8-11(9-4-10(16)6-15-5-9)2-3-12-13(8)7-18-14(12)17/h2*2-3,9-10,15-16H,4-7H2,1H3. The molecule has 8 nitrogen and oxygen atoms in total. The average Bonchev–Trinajstić information content (AvgIpc) is 3.43. The van der Waals surface area contributed by atoms with Crippen LogP contribution in [-0.2, 0) is 22.7 Å². The molecule has 2 aromatic carbocycles. The molecule has 0 bridgehead atoms. The Morgan fingerprint density at radius 3 is 1.50 bits per heavy atom. The van der Waals surface area contributed by atoms with Gasteiger partial charge in [-0.3, -0.25) is 0 Å². The number of carbonyl (C=O) groups excluding carboxylic acids is 2. The molecule has 0 radical (unpaired) electrons. The van der Waals surface area contributed by atoms with E-state index in [1.807, 2.05) is 38.1 Å². The molecule has 0 aliphatic carbocycles. The molecule has 0 aromatic heterocycles. The van der Waals surface area contributed by atoms with Crippen LogP contribution in [0.25, 0.3) is 0 Å². The van der Waals surface area contributed by atoms with Gasteiger partial charge in [0.2, 0.25) is 0 Å². The van der Waals surface area contributed by atoms with Gasteiger partial charge in [-0.05, 0) is 72.9 Å². The van der Waals surface area contributed by atoms with Gasteiger partial charge in [-0.25, -0.2) is 9.59 Å². The molecule has 2 saturated heterocycles. The van der Waals surface area contributed by atoms with Crippen molar-refractivity contribution in [2.75, 3.05) is 26.2 Å². The summed E-state index contributed by atoms with van der Waals surface area (Å²) in [5.74, 6) is 0.187. The van der Waals surface area contributed by atoms with E-state index < -0.39 is 0 Å². The van der Waals surface area contributed by atoms with Crippen LogP contribution in [0, 0.1) is 13.8 Å². The topological polar surface area (TPSA) is 117 Å². The number of nitrogens with one attached hydrogen (secondary N) is 2. The number of ether oxygens (including phenoxy) is 2. The fraction of sp³-hybridized carbons (Fsp3) is 0.500. The predicted molar refractivity (Wildman–Crippen MR) is 133 cm³/mol. The van der Waals surface area contributed by atoms with Crippen molar-refractivity contribution in [1.82, 2.24) is 10.6 Å². The first-order chi connectivity index (χ1) is 17.3. The first kappa shape index (κ1) is 24.9. The van der Waals surface area contributed by atoms with E-state index in [9.17, 15) is 19.8 Å². The summed E-state index contributed by atoms with van der Waals surface area (Å²) in [6, 6.07) is 7.72. The highest BCUT2D eigenvalue weighted by Crippen LogP contribution is 2.33. The molecule has 4 heterocycles. The highest BCUT2D eigenvalue weighted by Gasteiger charge is 2.29. The van der Waals surface area contributed by atoms with Crippen LogP contribution in [0.4, 0.5) is 0 Å². The Kier molecular flexibility index (Phi) is 7.12. The molecule has 0 amide bonds. The zero-order valence-corrected chi connectivity index (χ0v) is 20.8. The fourth-order valence-corrected chi connectivity index (χ4v) is 5.93. The van der Waals surface area contributed by atoms with E-state index >= 15 is 0 Å². The van der Waals surface area contributed by atoms with Gasteiger partial charge < -0.3 is 30.3 Å². The first-order valence-corrected chi connectivity index (χ1v) is 12.7. The Balaban J connectivity index is 0.000000148. The lowest BCUT2D eigenvalue weighted by Crippen LogP contribution is -2.38. The molecule has 6 rings (SSSR count). The van der Waals surface area contributed by atoms with Gasteiger partial charge in [-0.15, -0.1) is 0 Å². The van der Waals surface area contributed by atoms with Crippen LogP contribution >= 0.6 is 0 Å². The lowest BCUT2D eigenvalue weighted by Gasteiger charge is -2.28. The van der Waals surface area contributed by atoms with Crippen molar-refractivity contribution in [3.05, 3.63) is 68.8 Å². The minimum absolute atomic E-state index is 0.221. The molecular weight excluding hydrogens is 460 g/mol. The third-order valence-electron chi connectivity index (χ3n) is 7.95. The van der Waals surface area contributed by atoms with Gasteiger partial charge in [0.1, 0.15) is 13.2 Å². The third-order valence-corrected chi connectivity index (χ3v) is 7.95. The fourth-order valence-electron chi connectivity index (χ4n) is 5.93. The smallest absolute Gasteiger partial charge is 0.338 e. The summed E-state index contributed by atoms with van der Waals surface area (Å²) in [7, 11) is 0. The summed E-state index contributed by atoms with van der Waals surface area (Å²) in [5.41, 5.74) is 8.13. The van der Waals surface area contributed by atoms with Gasteiger partial charge in [0.05, 0.1) is 23.3 Å². The van der Waals surface area contributed by atoms with Crippen LogP contribution in [0.15, 0.2) is 24.3 Å². The Hall–Kier alpha value is -2.78. The molecule has 4 unspecified atom stereocenters. The van der Waals surface area contributed by atoms with Crippen molar-refractivity contribution < 1.29 is 29.3 Å². The molecule has 4 aliphatic heterocycles. The van der Waals surface area contributed by atoms with E-state index in [1.165, 1.54) is 11.1 Å². The number of β-amino-alcohol motifs (C(OH)–C–C–N with tert-alkyl or cyclic N) is 2. The number of hydrogen-bond donors (Lipinski definition) is 4. The molecule has 4 N–H and O–H groups in total. The zero-order valence-electron chi connectivity index (χ0n) is 20.8. The van der Waals surface area contributed by atoms with Crippen molar-refractivity contribution in [3.63, 3.8) is 0 Å². The second-order valence-corrected chi connectivity index (χ2v) is 10.3. The maximum absolute atomic E-state index is 11.5. The summed E-state index contributed by atoms with van der Waals surface area (Å²) in [6.45, 7) is 7.95. The molecule has 36 heavy (non-hydrogen) atoms. The normalized spacial score (nSPS) is 26.9. The third kappa shape index (κ3) is 4.78. The van der Waals surface area contributed by atoms with E-state index in [-0.39, 0.29) is 24.1 Å². The van der Waals surface area contributed by atoms with E-state index in [1.54, 1.807) is 0 Å². The first-order valence-electron chi connectivity index (χ1n) is 12.7. The number of cyclic esters (lactones) is 2. The molecule has 0 saturated carbocycles. The van der Waals surface area contributed by atoms with Gasteiger partial charge in [0.25, 0.3) is 0 Å². The number of hydrogen-bond acceptors (Lipinski definition) is 8. The Labute approximate surface area is 211 Å². The van der Waals surface area contributed by atoms with Crippen LogP contribution in [0.1, 0.15) is 78.8 Å². The van der Waals surface area contributed by atoms with Crippen molar-refractivity contribution >= 4 is 11.9 Å². The average molecular weight is 495 g/mol. The van der Waals surface area contributed by atoms with Gasteiger partial charge in [0.15, 0.2) is 0 Å². The van der Waals surface area contributed by atoms with Gasteiger partial charge in [-0.1, -0.05) is 12.1 Å². The van der Waals surface area contributed by atoms with Crippen LogP contribution < -0.4 is 10.6 Å². The number of aliphatic hydroxyl groups excluding tert-OH is 2. The molecule has 192 valence electrons. The van der Waals surface area contributed by atoms with Crippen molar-refractivity contribution in [3.8, 4) is 0 Å². The number of piperidine rings is 2. The number of benzene rings is 2. The summed E-state index contributed by atoms with van der Waals surface area (Å²) >= 11 is 0. The van der Waals surface area contributed by atoms with Crippen LogP contribution in [0.5, 0.6) is 0 Å². The van der Waals surface area contributed by atoms with Gasteiger partial charge in [0, 0.05) is 37.3 Å². The Morgan fingerprint density at radius 2 is 1.11 bits per heavy atom. The second-order valence-electron chi connectivity index (χ2n) is 10.3. The lowest BCUT2D eigenvalue weighted by molar-refractivity contribution is 0.0526. The van der Waals surface area contributed by atoms with Crippen molar-refractivity contribution in [2.45, 2.75) is 63.9 Å². The van der Waals surface area contributed by atoms with Crippen LogP contribution in [0.2, 0.25) is 0 Å². The summed E-state index contributed by atoms with van der Waals surface area (Å²) in [4.78, 5) is 23.0. The van der Waals surface area contributed by atoms with E-state index in [0.29, 0.717) is 49.3 Å². The maximum Gasteiger partial charge on any atom is 0.338 e. The summed E-state index contributed by atoms with van der Waals surface area (Å²) in [6.07, 6.45) is 0.992. The molecule has 2 aromatic rings. The number of aliphatic hydroxyl groups is 2. The second kappa shape index (κ2) is 10.3. The van der Waals surface area contributed by atoms with Crippen molar-refractivity contribution in [2.24, 2.45) is 0 Å². The molecule has 4 atom stereocenters. The Morgan fingerprint density at radius 1 is 0.694 bits per heavy atom. The largest absolute Gasteiger partial charge is 0.457 e. The van der Waals surface area contributed by atoms with Gasteiger partial charge in [-0.2, -0.15) is 0 Å². The quantitative estimate of drug-likeness (QED) is 0.470. The van der Waals surface area contributed by atoms with E-state index in [0.717, 1.165) is 48.2 Å². The molecular formula is C28H34N2O6. The molecule has 4 aliphatic rings. The van der Waals surface area contributed by atoms with E-state index in [4.69, 9.17) is 9.47 Å². The number of esters is 2. The summed E-state index contributed by atoms with van der Waals surface area (Å²) in [5, 5.41) is 25.9. The van der Waals surface area contributed by atoms with Gasteiger partial charge >= 0.3 is 11.9 Å². The molecule has 8 heteroatoms. The minimum Gasteiger partial charge on any atom is -0.457 e. The molecule has 2 fully saturated rings.